The number of nitrogens with one attached hydrogen (secondary N) is 1. The smallest absolute Gasteiger partial charge is 0.329 e. The number of carbonyl (C=O) groups is 2. The molecule has 4 atom stereocenters. The molecule has 3 rings (SSSR count). The van der Waals surface area contributed by atoms with E-state index >= 15 is 0 Å². The summed E-state index contributed by atoms with van der Waals surface area (Å²) in [4.78, 5) is 24.1. The molecule has 0 aromatic rings. The molecule has 3 saturated carbocycles. The zero-order chi connectivity index (χ0) is 13.6. The summed E-state index contributed by atoms with van der Waals surface area (Å²) in [5.41, 5.74) is -1.01. The first-order valence-corrected chi connectivity index (χ1v) is 7.58. The molecule has 0 aliphatic heterocycles. The van der Waals surface area contributed by atoms with Gasteiger partial charge in [0.25, 0.3) is 0 Å². The molecule has 2 N–H and O–H groups in total. The van der Waals surface area contributed by atoms with Gasteiger partial charge in [-0.1, -0.05) is 19.8 Å². The maximum atomic E-state index is 12.4. The molecule has 0 aromatic carbocycles. The number of carboxylic acids is 1. The number of rotatable bonds is 3. The van der Waals surface area contributed by atoms with E-state index in [1.54, 1.807) is 0 Å². The molecule has 0 radical (unpaired) electrons. The molecule has 19 heavy (non-hydrogen) atoms. The topological polar surface area (TPSA) is 66.4 Å². The molecule has 0 spiro atoms. The molecule has 4 unspecified atom stereocenters. The van der Waals surface area contributed by atoms with E-state index in [1.165, 1.54) is 6.42 Å². The van der Waals surface area contributed by atoms with Crippen LogP contribution in [-0.2, 0) is 9.59 Å². The highest BCUT2D eigenvalue weighted by Gasteiger charge is 2.51. The fraction of sp³-hybridized carbons (Fsp3) is 0.867. The number of carboxylic acid groups (broad SMARTS) is 1. The summed E-state index contributed by atoms with van der Waals surface area (Å²) >= 11 is 0. The summed E-state index contributed by atoms with van der Waals surface area (Å²) < 4.78 is 0. The van der Waals surface area contributed by atoms with E-state index in [0.29, 0.717) is 6.42 Å². The maximum Gasteiger partial charge on any atom is 0.329 e. The lowest BCUT2D eigenvalue weighted by Gasteiger charge is -2.40. The highest BCUT2D eigenvalue weighted by molar-refractivity contribution is 5.88. The van der Waals surface area contributed by atoms with Gasteiger partial charge in [-0.15, -0.1) is 0 Å². The Morgan fingerprint density at radius 1 is 1.16 bits per heavy atom. The van der Waals surface area contributed by atoms with Gasteiger partial charge < -0.3 is 10.4 Å². The van der Waals surface area contributed by atoms with Crippen LogP contribution in [0.4, 0.5) is 0 Å². The second-order valence-corrected chi connectivity index (χ2v) is 6.84. The van der Waals surface area contributed by atoms with Crippen LogP contribution in [-0.4, -0.2) is 22.5 Å². The van der Waals surface area contributed by atoms with Crippen molar-refractivity contribution in [2.45, 2.75) is 57.4 Å². The predicted octanol–water partition coefficient (Wildman–Crippen LogP) is 2.18. The first-order chi connectivity index (χ1) is 9.03. The normalized spacial score (nSPS) is 44.5. The van der Waals surface area contributed by atoms with Crippen molar-refractivity contribution in [1.82, 2.24) is 5.32 Å². The molecule has 3 aliphatic carbocycles. The lowest BCUT2D eigenvalue weighted by Crippen LogP contribution is -2.60. The van der Waals surface area contributed by atoms with Crippen LogP contribution in [0.1, 0.15) is 51.9 Å². The first kappa shape index (κ1) is 12.9. The molecule has 0 aromatic heterocycles. The number of hydrogen-bond acceptors (Lipinski definition) is 2. The van der Waals surface area contributed by atoms with Crippen LogP contribution >= 0.6 is 0 Å². The van der Waals surface area contributed by atoms with Crippen LogP contribution in [0, 0.1) is 23.7 Å². The van der Waals surface area contributed by atoms with Crippen LogP contribution in [0.3, 0.4) is 0 Å². The minimum atomic E-state index is -1.01. The van der Waals surface area contributed by atoms with Crippen molar-refractivity contribution in [3.8, 4) is 0 Å². The van der Waals surface area contributed by atoms with Gasteiger partial charge >= 0.3 is 5.97 Å². The van der Waals surface area contributed by atoms with Crippen LogP contribution < -0.4 is 5.32 Å². The molecule has 0 heterocycles. The van der Waals surface area contributed by atoms with E-state index in [1.807, 2.05) is 6.92 Å². The van der Waals surface area contributed by atoms with Crippen molar-refractivity contribution in [2.75, 3.05) is 0 Å². The minimum Gasteiger partial charge on any atom is -0.479 e. The standard InChI is InChI=1S/C15H23NO3/c1-9-4-2-3-5-15(9,14(18)19)16-13(17)12-7-10-6-11(10)8-12/h9-12H,2-8H2,1H3,(H,16,17)(H,18,19). The largest absolute Gasteiger partial charge is 0.479 e. The molecular weight excluding hydrogens is 242 g/mol. The Bertz CT molecular complexity index is 398. The Morgan fingerprint density at radius 2 is 1.84 bits per heavy atom. The molecular formula is C15H23NO3. The first-order valence-electron chi connectivity index (χ1n) is 7.58. The van der Waals surface area contributed by atoms with Gasteiger partial charge in [-0.05, 0) is 49.9 Å². The van der Waals surface area contributed by atoms with E-state index in [9.17, 15) is 14.7 Å². The van der Waals surface area contributed by atoms with Crippen molar-refractivity contribution in [3.63, 3.8) is 0 Å². The van der Waals surface area contributed by atoms with Crippen LogP contribution in [0.25, 0.3) is 0 Å². The second kappa shape index (κ2) is 4.50. The zero-order valence-electron chi connectivity index (χ0n) is 11.5. The van der Waals surface area contributed by atoms with E-state index in [0.717, 1.165) is 43.9 Å². The van der Waals surface area contributed by atoms with Gasteiger partial charge in [-0.2, -0.15) is 0 Å². The van der Waals surface area contributed by atoms with Crippen molar-refractivity contribution in [1.29, 1.82) is 0 Å². The highest BCUT2D eigenvalue weighted by atomic mass is 16.4. The molecule has 3 fully saturated rings. The molecule has 4 nitrogen and oxygen atoms in total. The van der Waals surface area contributed by atoms with Crippen LogP contribution in [0.15, 0.2) is 0 Å². The third-order valence-electron chi connectivity index (χ3n) is 5.64. The summed E-state index contributed by atoms with van der Waals surface area (Å²) in [5.74, 6) is 0.730. The Labute approximate surface area is 113 Å². The maximum absolute atomic E-state index is 12.4. The van der Waals surface area contributed by atoms with E-state index in [2.05, 4.69) is 5.32 Å². The average molecular weight is 265 g/mol. The van der Waals surface area contributed by atoms with E-state index in [-0.39, 0.29) is 17.7 Å². The van der Waals surface area contributed by atoms with Gasteiger partial charge in [-0.25, -0.2) is 4.79 Å². The zero-order valence-corrected chi connectivity index (χ0v) is 11.5. The minimum absolute atomic E-state index is 0.0108. The van der Waals surface area contributed by atoms with Gasteiger partial charge in [0.15, 0.2) is 0 Å². The Morgan fingerprint density at radius 3 is 2.42 bits per heavy atom. The molecule has 1 amide bonds. The summed E-state index contributed by atoms with van der Waals surface area (Å²) in [6.45, 7) is 1.96. The van der Waals surface area contributed by atoms with Crippen molar-refractivity contribution >= 4 is 11.9 Å². The number of carbonyl (C=O) groups excluding carboxylic acids is 1. The van der Waals surface area contributed by atoms with Crippen molar-refractivity contribution in [3.05, 3.63) is 0 Å². The Hall–Kier alpha value is -1.06. The summed E-state index contributed by atoms with van der Waals surface area (Å²) in [5, 5.41) is 12.5. The van der Waals surface area contributed by atoms with Gasteiger partial charge in [-0.3, -0.25) is 4.79 Å². The van der Waals surface area contributed by atoms with Crippen molar-refractivity contribution in [2.24, 2.45) is 23.7 Å². The summed E-state index contributed by atoms with van der Waals surface area (Å²) in [7, 11) is 0. The third kappa shape index (κ3) is 2.15. The molecule has 3 aliphatic rings. The van der Waals surface area contributed by atoms with Crippen LogP contribution in [0.2, 0.25) is 0 Å². The number of amides is 1. The summed E-state index contributed by atoms with van der Waals surface area (Å²) in [6, 6.07) is 0. The van der Waals surface area contributed by atoms with Gasteiger partial charge in [0, 0.05) is 5.92 Å². The number of aliphatic carboxylic acids is 1. The Balaban J connectivity index is 1.70. The number of hydrogen-bond donors (Lipinski definition) is 2. The Kier molecular flexibility index (Phi) is 3.06. The highest BCUT2D eigenvalue weighted by Crippen LogP contribution is 2.54. The van der Waals surface area contributed by atoms with E-state index in [4.69, 9.17) is 0 Å². The van der Waals surface area contributed by atoms with Gasteiger partial charge in [0.05, 0.1) is 0 Å². The molecule has 106 valence electrons. The molecule has 0 bridgehead atoms. The lowest BCUT2D eigenvalue weighted by molar-refractivity contribution is -0.152. The fourth-order valence-corrected chi connectivity index (χ4v) is 4.15. The molecule has 0 saturated heterocycles. The summed E-state index contributed by atoms with van der Waals surface area (Å²) in [6.07, 6.45) is 6.66. The fourth-order valence-electron chi connectivity index (χ4n) is 4.15. The SMILES string of the molecule is CC1CCCCC1(NC(=O)C1CC2CC2C1)C(=O)O. The van der Waals surface area contributed by atoms with Gasteiger partial charge in [0.2, 0.25) is 5.91 Å². The van der Waals surface area contributed by atoms with Gasteiger partial charge in [0.1, 0.15) is 5.54 Å². The molecule has 4 heteroatoms. The van der Waals surface area contributed by atoms with Crippen molar-refractivity contribution < 1.29 is 14.7 Å². The second-order valence-electron chi connectivity index (χ2n) is 6.84. The average Bonchev–Trinajstić information content (AvgIpc) is 2.98. The monoisotopic (exact) mass is 265 g/mol. The van der Waals surface area contributed by atoms with Crippen LogP contribution in [0.5, 0.6) is 0 Å². The van der Waals surface area contributed by atoms with E-state index < -0.39 is 11.5 Å². The lowest BCUT2D eigenvalue weighted by atomic mass is 9.73. The quantitative estimate of drug-likeness (QED) is 0.822. The predicted molar refractivity (Wildman–Crippen MR) is 70.5 cm³/mol. The third-order valence-corrected chi connectivity index (χ3v) is 5.64. The number of fused-ring (bicyclic) bond motifs is 1.